The number of anilines is 1. The van der Waals surface area contributed by atoms with Crippen molar-refractivity contribution in [2.75, 3.05) is 5.32 Å². The Hall–Kier alpha value is -2.43. The summed E-state index contributed by atoms with van der Waals surface area (Å²) in [6.45, 7) is 2.25. The molecule has 0 bridgehead atoms. The van der Waals surface area contributed by atoms with E-state index in [1.54, 1.807) is 6.07 Å². The van der Waals surface area contributed by atoms with Crippen LogP contribution >= 0.6 is 0 Å². The fourth-order valence-corrected chi connectivity index (χ4v) is 2.04. The summed E-state index contributed by atoms with van der Waals surface area (Å²) in [5.41, 5.74) is 1.83. The highest BCUT2D eigenvalue weighted by atomic mass is 19.1. The Kier molecular flexibility index (Phi) is 4.30. The molecule has 2 aromatic rings. The van der Waals surface area contributed by atoms with Crippen molar-refractivity contribution in [1.82, 2.24) is 0 Å². The lowest BCUT2D eigenvalue weighted by molar-refractivity contribution is -0.387. The molecule has 5 heteroatoms. The second-order valence-electron chi connectivity index (χ2n) is 4.37. The number of benzene rings is 2. The fraction of sp³-hybridized carbons (Fsp3) is 0.200. The maximum Gasteiger partial charge on any atom is 0.305 e. The van der Waals surface area contributed by atoms with E-state index in [9.17, 15) is 14.5 Å². The van der Waals surface area contributed by atoms with Gasteiger partial charge in [-0.15, -0.1) is 0 Å². The number of rotatable bonds is 5. The molecular formula is C15H15FN2O2. The van der Waals surface area contributed by atoms with Gasteiger partial charge in [-0.2, -0.15) is 4.39 Å². The first-order valence-corrected chi connectivity index (χ1v) is 6.37. The number of para-hydroxylation sites is 1. The summed E-state index contributed by atoms with van der Waals surface area (Å²) in [5.74, 6) is -0.779. The molecule has 2 rings (SSSR count). The van der Waals surface area contributed by atoms with Crippen molar-refractivity contribution < 1.29 is 9.31 Å². The molecule has 0 aromatic heterocycles. The van der Waals surface area contributed by atoms with Crippen molar-refractivity contribution in [2.45, 2.75) is 19.9 Å². The Labute approximate surface area is 116 Å². The van der Waals surface area contributed by atoms with Crippen molar-refractivity contribution in [1.29, 1.82) is 0 Å². The zero-order valence-corrected chi connectivity index (χ0v) is 11.1. The van der Waals surface area contributed by atoms with Crippen LogP contribution in [-0.2, 0) is 13.0 Å². The van der Waals surface area contributed by atoms with E-state index >= 15 is 0 Å². The zero-order chi connectivity index (χ0) is 14.5. The molecule has 0 spiro atoms. The molecule has 20 heavy (non-hydrogen) atoms. The third-order valence-corrected chi connectivity index (χ3v) is 3.12. The topological polar surface area (TPSA) is 55.2 Å². The van der Waals surface area contributed by atoms with Gasteiger partial charge in [0, 0.05) is 23.9 Å². The standard InChI is InChI=1S/C15H15FN2O2/c1-2-11-6-3-4-8-13(11)17-10-12-7-5-9-14(15(12)16)18(19)20/h3-9,17H,2,10H2,1H3. The first kappa shape index (κ1) is 14.0. The molecule has 0 amide bonds. The smallest absolute Gasteiger partial charge is 0.305 e. The predicted octanol–water partition coefficient (Wildman–Crippen LogP) is 3.91. The molecule has 0 heterocycles. The highest BCUT2D eigenvalue weighted by molar-refractivity contribution is 5.51. The van der Waals surface area contributed by atoms with E-state index in [-0.39, 0.29) is 12.1 Å². The molecule has 0 radical (unpaired) electrons. The van der Waals surface area contributed by atoms with Crippen LogP contribution in [0.1, 0.15) is 18.1 Å². The summed E-state index contributed by atoms with van der Waals surface area (Å²) >= 11 is 0. The van der Waals surface area contributed by atoms with Crippen LogP contribution in [-0.4, -0.2) is 4.92 Å². The lowest BCUT2D eigenvalue weighted by Crippen LogP contribution is -2.05. The monoisotopic (exact) mass is 274 g/mol. The highest BCUT2D eigenvalue weighted by Crippen LogP contribution is 2.22. The van der Waals surface area contributed by atoms with Crippen LogP contribution < -0.4 is 5.32 Å². The Balaban J connectivity index is 2.19. The SMILES string of the molecule is CCc1ccccc1NCc1cccc([N+](=O)[O-])c1F. The molecule has 0 atom stereocenters. The molecule has 4 nitrogen and oxygen atoms in total. The Morgan fingerprint density at radius 3 is 2.55 bits per heavy atom. The summed E-state index contributed by atoms with van der Waals surface area (Å²) in [5, 5.41) is 13.8. The normalized spacial score (nSPS) is 10.3. The summed E-state index contributed by atoms with van der Waals surface area (Å²) < 4.78 is 13.9. The third-order valence-electron chi connectivity index (χ3n) is 3.12. The second kappa shape index (κ2) is 6.14. The molecule has 104 valence electrons. The van der Waals surface area contributed by atoms with Gasteiger partial charge in [-0.3, -0.25) is 10.1 Å². The average molecular weight is 274 g/mol. The molecule has 0 fully saturated rings. The van der Waals surface area contributed by atoms with E-state index in [0.717, 1.165) is 17.7 Å². The zero-order valence-electron chi connectivity index (χ0n) is 11.1. The van der Waals surface area contributed by atoms with Gasteiger partial charge in [0.25, 0.3) is 0 Å². The lowest BCUT2D eigenvalue weighted by Gasteiger charge is -2.11. The molecule has 0 saturated heterocycles. The molecule has 0 aliphatic carbocycles. The van der Waals surface area contributed by atoms with Gasteiger partial charge in [-0.1, -0.05) is 37.3 Å². The number of nitrogens with one attached hydrogen (secondary N) is 1. The van der Waals surface area contributed by atoms with Crippen molar-refractivity contribution in [3.63, 3.8) is 0 Å². The number of nitro groups is 1. The van der Waals surface area contributed by atoms with Gasteiger partial charge in [0.2, 0.25) is 5.82 Å². The minimum absolute atomic E-state index is 0.213. The van der Waals surface area contributed by atoms with E-state index in [2.05, 4.69) is 5.32 Å². The maximum absolute atomic E-state index is 13.9. The van der Waals surface area contributed by atoms with Crippen molar-refractivity contribution in [3.8, 4) is 0 Å². The van der Waals surface area contributed by atoms with Crippen molar-refractivity contribution >= 4 is 11.4 Å². The molecule has 0 aliphatic heterocycles. The summed E-state index contributed by atoms with van der Waals surface area (Å²) in [6, 6.07) is 11.9. The number of hydrogen-bond donors (Lipinski definition) is 1. The lowest BCUT2D eigenvalue weighted by atomic mass is 10.1. The van der Waals surface area contributed by atoms with Crippen LogP contribution in [0.15, 0.2) is 42.5 Å². The van der Waals surface area contributed by atoms with Gasteiger partial charge in [0.1, 0.15) is 0 Å². The van der Waals surface area contributed by atoms with E-state index < -0.39 is 16.4 Å². The van der Waals surface area contributed by atoms with Gasteiger partial charge in [0.15, 0.2) is 0 Å². The number of nitrogens with zero attached hydrogens (tertiary/aromatic N) is 1. The van der Waals surface area contributed by atoms with Gasteiger partial charge < -0.3 is 5.32 Å². The molecule has 0 saturated carbocycles. The Bertz CT molecular complexity index is 629. The van der Waals surface area contributed by atoms with E-state index in [1.165, 1.54) is 12.1 Å². The van der Waals surface area contributed by atoms with Crippen molar-refractivity contribution in [3.05, 3.63) is 69.5 Å². The van der Waals surface area contributed by atoms with E-state index in [0.29, 0.717) is 0 Å². The quantitative estimate of drug-likeness (QED) is 0.664. The first-order valence-electron chi connectivity index (χ1n) is 6.37. The van der Waals surface area contributed by atoms with Gasteiger partial charge in [-0.05, 0) is 18.1 Å². The molecule has 1 N–H and O–H groups in total. The van der Waals surface area contributed by atoms with Crippen LogP contribution in [0, 0.1) is 15.9 Å². The average Bonchev–Trinajstić information content (AvgIpc) is 2.46. The maximum atomic E-state index is 13.9. The van der Waals surface area contributed by atoms with E-state index in [1.807, 2.05) is 31.2 Å². The summed E-state index contributed by atoms with van der Waals surface area (Å²) in [4.78, 5) is 9.98. The molecule has 0 unspecified atom stereocenters. The number of halogens is 1. The third kappa shape index (κ3) is 2.93. The number of hydrogen-bond acceptors (Lipinski definition) is 3. The van der Waals surface area contributed by atoms with Crippen LogP contribution in [0.3, 0.4) is 0 Å². The highest BCUT2D eigenvalue weighted by Gasteiger charge is 2.16. The van der Waals surface area contributed by atoms with Crippen LogP contribution in [0.25, 0.3) is 0 Å². The van der Waals surface area contributed by atoms with Crippen molar-refractivity contribution in [2.24, 2.45) is 0 Å². The van der Waals surface area contributed by atoms with Gasteiger partial charge >= 0.3 is 5.69 Å². The van der Waals surface area contributed by atoms with Crippen LogP contribution in [0.5, 0.6) is 0 Å². The predicted molar refractivity (Wildman–Crippen MR) is 76.2 cm³/mol. The molecule has 0 aliphatic rings. The van der Waals surface area contributed by atoms with E-state index in [4.69, 9.17) is 0 Å². The Morgan fingerprint density at radius 2 is 1.85 bits per heavy atom. The van der Waals surface area contributed by atoms with Gasteiger partial charge in [0.05, 0.1) is 4.92 Å². The Morgan fingerprint density at radius 1 is 1.15 bits per heavy atom. The molecular weight excluding hydrogens is 259 g/mol. The number of nitro benzene ring substituents is 1. The first-order chi connectivity index (χ1) is 9.63. The minimum atomic E-state index is -0.779. The summed E-state index contributed by atoms with van der Waals surface area (Å²) in [7, 11) is 0. The van der Waals surface area contributed by atoms with Crippen LogP contribution in [0.2, 0.25) is 0 Å². The van der Waals surface area contributed by atoms with Crippen LogP contribution in [0.4, 0.5) is 15.8 Å². The largest absolute Gasteiger partial charge is 0.381 e. The number of aryl methyl sites for hydroxylation is 1. The van der Waals surface area contributed by atoms with Gasteiger partial charge in [-0.25, -0.2) is 0 Å². The fourth-order valence-electron chi connectivity index (χ4n) is 2.04. The second-order valence-corrected chi connectivity index (χ2v) is 4.37. The summed E-state index contributed by atoms with van der Waals surface area (Å²) in [6.07, 6.45) is 0.862. The minimum Gasteiger partial charge on any atom is -0.381 e. The molecule has 2 aromatic carbocycles.